The number of rotatable bonds is 7. The average molecular weight is 361 g/mol. The Morgan fingerprint density at radius 1 is 1.26 bits per heavy atom. The van der Waals surface area contributed by atoms with Gasteiger partial charge in [0, 0.05) is 18.0 Å². The third-order valence-electron chi connectivity index (χ3n) is 4.20. The van der Waals surface area contributed by atoms with E-state index < -0.39 is 0 Å². The van der Waals surface area contributed by atoms with Gasteiger partial charge in [0.05, 0.1) is 14.2 Å². The van der Waals surface area contributed by atoms with Crippen LogP contribution < -0.4 is 14.8 Å². The molecule has 1 heterocycles. The van der Waals surface area contributed by atoms with Crippen LogP contribution in [0.15, 0.2) is 17.0 Å². The molecule has 1 N–H and O–H groups in total. The lowest BCUT2D eigenvalue weighted by atomic mass is 9.99. The first-order valence-electron chi connectivity index (χ1n) is 7.86. The zero-order chi connectivity index (χ0) is 15.9. The van der Waals surface area contributed by atoms with E-state index >= 15 is 0 Å². The summed E-state index contributed by atoms with van der Waals surface area (Å²) in [5.41, 5.74) is 1.30. The third-order valence-corrected chi connectivity index (χ3v) is 5.02. The molecule has 4 nitrogen and oxygen atoms in total. The Balaban J connectivity index is 0.00000264. The number of nitrogens with one attached hydrogen (secondary N) is 1. The number of methoxy groups -OCH3 is 2. The van der Waals surface area contributed by atoms with E-state index in [4.69, 9.17) is 9.47 Å². The van der Waals surface area contributed by atoms with E-state index in [-0.39, 0.29) is 12.4 Å². The molecular formula is C17H29ClN2O2S. The Morgan fingerprint density at radius 2 is 1.96 bits per heavy atom. The highest BCUT2D eigenvalue weighted by Crippen LogP contribution is 2.35. The van der Waals surface area contributed by atoms with Crippen LogP contribution in [0.2, 0.25) is 0 Å². The summed E-state index contributed by atoms with van der Waals surface area (Å²) in [5, 5.41) is 3.49. The summed E-state index contributed by atoms with van der Waals surface area (Å²) < 4.78 is 10.8. The van der Waals surface area contributed by atoms with Crippen molar-refractivity contribution in [3.8, 4) is 11.5 Å². The summed E-state index contributed by atoms with van der Waals surface area (Å²) >= 11 is 1.76. The van der Waals surface area contributed by atoms with Crippen molar-refractivity contribution in [2.45, 2.75) is 24.3 Å². The Morgan fingerprint density at radius 3 is 2.52 bits per heavy atom. The van der Waals surface area contributed by atoms with E-state index in [0.29, 0.717) is 0 Å². The van der Waals surface area contributed by atoms with Crippen molar-refractivity contribution >= 4 is 24.2 Å². The lowest BCUT2D eigenvalue weighted by Gasteiger charge is -2.28. The quantitative estimate of drug-likeness (QED) is 0.755. The Bertz CT molecular complexity index is 482. The number of nitrogens with zero attached hydrogens (tertiary/aromatic N) is 1. The SMILES string of the molecule is COc1cc(CN(C)CC2CCCNC2)c(SC)cc1OC.Cl. The van der Waals surface area contributed by atoms with Gasteiger partial charge in [-0.15, -0.1) is 24.2 Å². The lowest BCUT2D eigenvalue weighted by molar-refractivity contribution is 0.236. The van der Waals surface area contributed by atoms with Gasteiger partial charge in [0.2, 0.25) is 0 Å². The Hall–Kier alpha value is -0.620. The maximum atomic E-state index is 5.45. The Kier molecular flexibility index (Phi) is 9.14. The van der Waals surface area contributed by atoms with Gasteiger partial charge in [-0.25, -0.2) is 0 Å². The van der Waals surface area contributed by atoms with Gasteiger partial charge in [-0.1, -0.05) is 0 Å². The van der Waals surface area contributed by atoms with Crippen LogP contribution in [0, 0.1) is 5.92 Å². The molecule has 23 heavy (non-hydrogen) atoms. The van der Waals surface area contributed by atoms with E-state index in [9.17, 15) is 0 Å². The first-order chi connectivity index (χ1) is 10.7. The predicted octanol–water partition coefficient (Wildman–Crippen LogP) is 3.28. The molecule has 0 aliphatic carbocycles. The molecule has 1 saturated heterocycles. The maximum absolute atomic E-state index is 5.45. The second-order valence-corrected chi connectivity index (χ2v) is 6.78. The van der Waals surface area contributed by atoms with E-state index in [0.717, 1.165) is 37.1 Å². The summed E-state index contributed by atoms with van der Waals surface area (Å²) in [6, 6.07) is 4.19. The first-order valence-corrected chi connectivity index (χ1v) is 9.08. The number of halogens is 1. The first kappa shape index (κ1) is 20.4. The molecule has 1 fully saturated rings. The minimum absolute atomic E-state index is 0. The minimum Gasteiger partial charge on any atom is -0.493 e. The average Bonchev–Trinajstić information content (AvgIpc) is 2.55. The van der Waals surface area contributed by atoms with E-state index in [1.807, 2.05) is 0 Å². The number of hydrogen-bond acceptors (Lipinski definition) is 5. The smallest absolute Gasteiger partial charge is 0.161 e. The number of thioether (sulfide) groups is 1. The van der Waals surface area contributed by atoms with Crippen LogP contribution in [0.25, 0.3) is 0 Å². The summed E-state index contributed by atoms with van der Waals surface area (Å²) in [4.78, 5) is 3.67. The van der Waals surface area contributed by atoms with Crippen molar-refractivity contribution in [3.63, 3.8) is 0 Å². The van der Waals surface area contributed by atoms with Crippen molar-refractivity contribution in [3.05, 3.63) is 17.7 Å². The van der Waals surface area contributed by atoms with Gasteiger partial charge in [-0.05, 0) is 62.8 Å². The van der Waals surface area contributed by atoms with Crippen molar-refractivity contribution in [2.75, 3.05) is 47.2 Å². The lowest BCUT2D eigenvalue weighted by Crippen LogP contribution is -2.36. The van der Waals surface area contributed by atoms with Gasteiger partial charge in [0.1, 0.15) is 0 Å². The highest BCUT2D eigenvalue weighted by atomic mass is 35.5. The summed E-state index contributed by atoms with van der Waals surface area (Å²) in [6.45, 7) is 4.39. The number of benzene rings is 1. The molecule has 0 amide bonds. The third kappa shape index (κ3) is 5.75. The van der Waals surface area contributed by atoms with Crippen LogP contribution in [0.4, 0.5) is 0 Å². The molecule has 2 rings (SSSR count). The molecule has 1 aliphatic rings. The molecule has 1 atom stereocenters. The second-order valence-electron chi connectivity index (χ2n) is 5.93. The van der Waals surface area contributed by atoms with Crippen LogP contribution in [-0.2, 0) is 6.54 Å². The summed E-state index contributed by atoms with van der Waals surface area (Å²) in [6.07, 6.45) is 4.74. The van der Waals surface area contributed by atoms with Gasteiger partial charge in [-0.3, -0.25) is 0 Å². The molecule has 0 aromatic heterocycles. The normalized spacial score (nSPS) is 17.7. The number of piperidine rings is 1. The number of ether oxygens (including phenoxy) is 2. The number of hydrogen-bond donors (Lipinski definition) is 1. The van der Waals surface area contributed by atoms with Gasteiger partial charge >= 0.3 is 0 Å². The predicted molar refractivity (Wildman–Crippen MR) is 101 cm³/mol. The van der Waals surface area contributed by atoms with Crippen LogP contribution in [-0.4, -0.2) is 52.1 Å². The fraction of sp³-hybridized carbons (Fsp3) is 0.647. The molecule has 132 valence electrons. The molecule has 1 unspecified atom stereocenters. The summed E-state index contributed by atoms with van der Waals surface area (Å²) in [5.74, 6) is 2.37. The highest BCUT2D eigenvalue weighted by Gasteiger charge is 2.17. The van der Waals surface area contributed by atoms with Crippen LogP contribution >= 0.6 is 24.2 Å². The fourth-order valence-electron chi connectivity index (χ4n) is 3.09. The van der Waals surface area contributed by atoms with Gasteiger partial charge in [-0.2, -0.15) is 0 Å². The van der Waals surface area contributed by atoms with Gasteiger partial charge < -0.3 is 19.7 Å². The monoisotopic (exact) mass is 360 g/mol. The van der Waals surface area contributed by atoms with Crippen LogP contribution in [0.1, 0.15) is 18.4 Å². The van der Waals surface area contributed by atoms with Crippen molar-refractivity contribution < 1.29 is 9.47 Å². The van der Waals surface area contributed by atoms with Crippen molar-refractivity contribution in [2.24, 2.45) is 5.92 Å². The molecule has 0 spiro atoms. The molecule has 0 radical (unpaired) electrons. The molecular weight excluding hydrogens is 332 g/mol. The van der Waals surface area contributed by atoms with Crippen molar-refractivity contribution in [1.82, 2.24) is 10.2 Å². The molecule has 1 aromatic carbocycles. The highest BCUT2D eigenvalue weighted by molar-refractivity contribution is 7.98. The zero-order valence-electron chi connectivity index (χ0n) is 14.6. The van der Waals surface area contributed by atoms with E-state index in [1.165, 1.54) is 29.8 Å². The largest absolute Gasteiger partial charge is 0.493 e. The van der Waals surface area contributed by atoms with Gasteiger partial charge in [0.25, 0.3) is 0 Å². The molecule has 0 saturated carbocycles. The van der Waals surface area contributed by atoms with Crippen LogP contribution in [0.3, 0.4) is 0 Å². The van der Waals surface area contributed by atoms with Gasteiger partial charge in [0.15, 0.2) is 11.5 Å². The van der Waals surface area contributed by atoms with E-state index in [2.05, 4.69) is 35.7 Å². The standard InChI is InChI=1S/C17H28N2O2S.ClH/c1-19(11-13-6-5-7-18-10-13)12-14-8-15(20-2)16(21-3)9-17(14)22-4;/h8-9,13,18H,5-7,10-12H2,1-4H3;1H. The summed E-state index contributed by atoms with van der Waals surface area (Å²) in [7, 11) is 5.58. The van der Waals surface area contributed by atoms with E-state index in [1.54, 1.807) is 26.0 Å². The molecule has 6 heteroatoms. The minimum atomic E-state index is 0. The molecule has 1 aromatic rings. The molecule has 0 bridgehead atoms. The molecule has 1 aliphatic heterocycles. The topological polar surface area (TPSA) is 33.7 Å². The Labute approximate surface area is 150 Å². The van der Waals surface area contributed by atoms with Crippen molar-refractivity contribution in [1.29, 1.82) is 0 Å². The second kappa shape index (κ2) is 10.3. The maximum Gasteiger partial charge on any atom is 0.161 e. The van der Waals surface area contributed by atoms with Crippen LogP contribution in [0.5, 0.6) is 11.5 Å². The fourth-order valence-corrected chi connectivity index (χ4v) is 3.70. The zero-order valence-corrected chi connectivity index (χ0v) is 16.2.